The van der Waals surface area contributed by atoms with Gasteiger partial charge in [-0.3, -0.25) is 0 Å². The fraction of sp³-hybridized carbons (Fsp3) is 0.0164. The topological polar surface area (TPSA) is 8.17 Å². The van der Waals surface area contributed by atoms with Gasteiger partial charge in [-0.25, -0.2) is 0 Å². The minimum atomic E-state index is -0.445. The predicted octanol–water partition coefficient (Wildman–Crippen LogP) is 16.1. The lowest BCUT2D eigenvalue weighted by atomic mass is 9.70. The Hall–Kier alpha value is -8.20. The molecule has 12 aromatic rings. The van der Waals surface area contributed by atoms with E-state index in [9.17, 15) is 0 Å². The maximum absolute atomic E-state index is 2.50. The van der Waals surface area contributed by atoms with Gasteiger partial charge in [0.25, 0.3) is 0 Å². The molecule has 0 amide bonds. The molecular formula is C61H38N2. The smallest absolute Gasteiger partial charge is 0.0726 e. The number of benzene rings is 11. The quantitative estimate of drug-likeness (QED) is 0.161. The Balaban J connectivity index is 1.03. The molecular weight excluding hydrogens is 761 g/mol. The second-order valence-corrected chi connectivity index (χ2v) is 17.2. The molecule has 0 saturated carbocycles. The first-order chi connectivity index (χ1) is 31.3. The van der Waals surface area contributed by atoms with Crippen LogP contribution in [-0.2, 0) is 5.41 Å². The summed E-state index contributed by atoms with van der Waals surface area (Å²) in [5, 5.41) is 10.1. The van der Waals surface area contributed by atoms with Crippen molar-refractivity contribution < 1.29 is 0 Å². The highest BCUT2D eigenvalue weighted by molar-refractivity contribution is 6.26. The molecule has 2 heteroatoms. The molecule has 0 saturated heterocycles. The minimum absolute atomic E-state index is 0.445. The van der Waals surface area contributed by atoms with Crippen LogP contribution in [0, 0.1) is 0 Å². The van der Waals surface area contributed by atoms with Crippen LogP contribution in [0.5, 0.6) is 0 Å². The van der Waals surface area contributed by atoms with Crippen LogP contribution in [0.4, 0.5) is 17.1 Å². The second kappa shape index (κ2) is 12.9. The largest absolute Gasteiger partial charge is 0.310 e. The molecule has 0 radical (unpaired) electrons. The van der Waals surface area contributed by atoms with E-state index in [0.717, 1.165) is 22.7 Å². The van der Waals surface area contributed by atoms with Crippen molar-refractivity contribution >= 4 is 71.2 Å². The summed E-state index contributed by atoms with van der Waals surface area (Å²) in [6.07, 6.45) is 0. The number of hydrogen-bond donors (Lipinski definition) is 0. The van der Waals surface area contributed by atoms with Gasteiger partial charge in [0, 0.05) is 33.5 Å². The molecule has 292 valence electrons. The van der Waals surface area contributed by atoms with Crippen LogP contribution in [0.25, 0.3) is 82.1 Å². The van der Waals surface area contributed by atoms with Crippen molar-refractivity contribution in [3.8, 4) is 27.9 Å². The molecule has 0 unspecified atom stereocenters. The summed E-state index contributed by atoms with van der Waals surface area (Å²) in [6.45, 7) is 0. The van der Waals surface area contributed by atoms with Gasteiger partial charge >= 0.3 is 0 Å². The van der Waals surface area contributed by atoms with Crippen molar-refractivity contribution in [3.05, 3.63) is 253 Å². The summed E-state index contributed by atoms with van der Waals surface area (Å²) in [4.78, 5) is 2.47. The van der Waals surface area contributed by atoms with E-state index in [1.54, 1.807) is 0 Å². The lowest BCUT2D eigenvalue weighted by molar-refractivity contribution is 0.793. The average molecular weight is 799 g/mol. The standard InChI is InChI=1S/C61H38N2/c1-2-17-45-43(15-1)44-16-3-4-18-46(44)54-37-41(33-35-47(45)54)62(39-29-31-40(32-30-39)63-59-27-13-8-22-52(59)53-23-9-14-28-60(53)63)42-34-36-51-50-21-7-12-26-57(50)61(58(51)38-42)55-24-10-5-19-48(55)49-20-6-11-25-56(49)61/h1-38H. The maximum Gasteiger partial charge on any atom is 0.0726 e. The Bertz CT molecular complexity index is 3720. The summed E-state index contributed by atoms with van der Waals surface area (Å²) < 4.78 is 2.40. The van der Waals surface area contributed by atoms with Gasteiger partial charge in [-0.15, -0.1) is 0 Å². The summed E-state index contributed by atoms with van der Waals surface area (Å²) in [6, 6.07) is 85.9. The predicted molar refractivity (Wildman–Crippen MR) is 264 cm³/mol. The number of aromatic nitrogens is 1. The van der Waals surface area contributed by atoms with Gasteiger partial charge in [0.15, 0.2) is 0 Å². The van der Waals surface area contributed by atoms with Crippen molar-refractivity contribution in [2.45, 2.75) is 5.41 Å². The lowest BCUT2D eigenvalue weighted by Gasteiger charge is -2.32. The molecule has 1 spiro atoms. The van der Waals surface area contributed by atoms with Gasteiger partial charge in [0.1, 0.15) is 0 Å². The second-order valence-electron chi connectivity index (χ2n) is 17.2. The van der Waals surface area contributed by atoms with E-state index in [1.807, 2.05) is 0 Å². The van der Waals surface area contributed by atoms with E-state index in [-0.39, 0.29) is 0 Å². The van der Waals surface area contributed by atoms with Crippen molar-refractivity contribution in [3.63, 3.8) is 0 Å². The Morgan fingerprint density at radius 2 is 0.651 bits per heavy atom. The molecule has 2 aliphatic carbocycles. The molecule has 11 aromatic carbocycles. The third kappa shape index (κ3) is 4.62. The van der Waals surface area contributed by atoms with Crippen molar-refractivity contribution in [1.29, 1.82) is 0 Å². The molecule has 63 heavy (non-hydrogen) atoms. The molecule has 0 atom stereocenters. The average Bonchev–Trinajstić information content (AvgIpc) is 3.96. The molecule has 2 aliphatic rings. The van der Waals surface area contributed by atoms with Crippen LogP contribution < -0.4 is 4.90 Å². The fourth-order valence-electron chi connectivity index (χ4n) is 11.7. The van der Waals surface area contributed by atoms with Crippen LogP contribution >= 0.6 is 0 Å². The van der Waals surface area contributed by atoms with Crippen molar-refractivity contribution in [2.75, 3.05) is 4.90 Å². The number of nitrogens with zero attached hydrogens (tertiary/aromatic N) is 2. The minimum Gasteiger partial charge on any atom is -0.310 e. The number of fused-ring (bicyclic) bond motifs is 19. The third-order valence-electron chi connectivity index (χ3n) is 14.2. The Kier molecular flexibility index (Phi) is 7.07. The van der Waals surface area contributed by atoms with Gasteiger partial charge in [-0.1, -0.05) is 170 Å². The number of para-hydroxylation sites is 2. The molecule has 1 aromatic heterocycles. The summed E-state index contributed by atoms with van der Waals surface area (Å²) in [5.41, 5.74) is 17.0. The molecule has 14 rings (SSSR count). The maximum atomic E-state index is 2.50. The van der Waals surface area contributed by atoms with E-state index >= 15 is 0 Å². The van der Waals surface area contributed by atoms with E-state index < -0.39 is 5.41 Å². The van der Waals surface area contributed by atoms with E-state index in [0.29, 0.717) is 0 Å². The molecule has 0 bridgehead atoms. The Morgan fingerprint density at radius 3 is 1.19 bits per heavy atom. The lowest BCUT2D eigenvalue weighted by Crippen LogP contribution is -2.26. The zero-order valence-corrected chi connectivity index (χ0v) is 34.3. The molecule has 1 heterocycles. The molecule has 2 nitrogen and oxygen atoms in total. The highest BCUT2D eigenvalue weighted by Gasteiger charge is 2.51. The van der Waals surface area contributed by atoms with E-state index in [1.165, 1.54) is 98.6 Å². The first-order valence-corrected chi connectivity index (χ1v) is 21.9. The molecule has 0 fully saturated rings. The van der Waals surface area contributed by atoms with Gasteiger partial charge in [0.2, 0.25) is 0 Å². The zero-order valence-electron chi connectivity index (χ0n) is 34.3. The van der Waals surface area contributed by atoms with Crippen molar-refractivity contribution in [2.24, 2.45) is 0 Å². The Morgan fingerprint density at radius 1 is 0.270 bits per heavy atom. The highest BCUT2D eigenvalue weighted by atomic mass is 15.1. The number of anilines is 3. The fourth-order valence-corrected chi connectivity index (χ4v) is 11.7. The molecule has 0 N–H and O–H groups in total. The van der Waals surface area contributed by atoms with Crippen LogP contribution in [0.15, 0.2) is 231 Å². The zero-order chi connectivity index (χ0) is 41.2. The number of rotatable bonds is 4. The van der Waals surface area contributed by atoms with E-state index in [2.05, 4.69) is 240 Å². The van der Waals surface area contributed by atoms with Gasteiger partial charge in [-0.05, 0) is 137 Å². The Labute approximate surface area is 365 Å². The third-order valence-corrected chi connectivity index (χ3v) is 14.2. The van der Waals surface area contributed by atoms with Crippen molar-refractivity contribution in [1.82, 2.24) is 4.57 Å². The first-order valence-electron chi connectivity index (χ1n) is 21.9. The van der Waals surface area contributed by atoms with Gasteiger partial charge in [0.05, 0.1) is 16.4 Å². The van der Waals surface area contributed by atoms with Crippen LogP contribution in [0.3, 0.4) is 0 Å². The highest BCUT2D eigenvalue weighted by Crippen LogP contribution is 2.63. The summed E-state index contributed by atoms with van der Waals surface area (Å²) in [5.74, 6) is 0. The first kappa shape index (κ1) is 34.5. The SMILES string of the molecule is c1ccc2c(c1)-c1ccccc1C21c2ccccc2-c2ccc(N(c3ccc(-n4c5ccccc5c5ccccc54)cc3)c3ccc4c5ccccc5c5ccccc5c4c3)cc21. The van der Waals surface area contributed by atoms with Gasteiger partial charge < -0.3 is 9.47 Å². The van der Waals surface area contributed by atoms with Crippen LogP contribution in [0.1, 0.15) is 22.3 Å². The molecule has 0 aliphatic heterocycles. The van der Waals surface area contributed by atoms with E-state index in [4.69, 9.17) is 0 Å². The summed E-state index contributed by atoms with van der Waals surface area (Å²) in [7, 11) is 0. The monoisotopic (exact) mass is 798 g/mol. The normalized spacial score (nSPS) is 13.2. The van der Waals surface area contributed by atoms with Gasteiger partial charge in [-0.2, -0.15) is 0 Å². The number of hydrogen-bond acceptors (Lipinski definition) is 1. The summed E-state index contributed by atoms with van der Waals surface area (Å²) >= 11 is 0. The van der Waals surface area contributed by atoms with Crippen LogP contribution in [-0.4, -0.2) is 4.57 Å². The van der Waals surface area contributed by atoms with Crippen LogP contribution in [0.2, 0.25) is 0 Å².